The number of benzene rings is 1. The minimum Gasteiger partial charge on any atom is -0.352 e. The zero-order chi connectivity index (χ0) is 12.1. The Morgan fingerprint density at radius 2 is 2.19 bits per heavy atom. The molecule has 0 fully saturated rings. The van der Waals surface area contributed by atoms with Crippen molar-refractivity contribution in [1.29, 1.82) is 0 Å². The van der Waals surface area contributed by atoms with Gasteiger partial charge in [-0.1, -0.05) is 50.4 Å². The van der Waals surface area contributed by atoms with Gasteiger partial charge >= 0.3 is 0 Å². The van der Waals surface area contributed by atoms with Crippen molar-refractivity contribution >= 4 is 49.4 Å². The molecule has 0 aliphatic rings. The number of carbonyl (C=O) groups excluding carboxylic acids is 1. The molecule has 0 aliphatic heterocycles. The maximum Gasteiger partial charge on any atom is 0.251 e. The summed E-state index contributed by atoms with van der Waals surface area (Å²) in [4.78, 5) is 12.1. The highest BCUT2D eigenvalue weighted by Crippen LogP contribution is 2.19. The lowest BCUT2D eigenvalue weighted by Gasteiger charge is -2.07. The van der Waals surface area contributed by atoms with Crippen LogP contribution in [0, 0.1) is 0 Å². The first-order chi connectivity index (χ1) is 7.49. The summed E-state index contributed by atoms with van der Waals surface area (Å²) >= 11 is 12.6. The largest absolute Gasteiger partial charge is 0.352 e. The van der Waals surface area contributed by atoms with Gasteiger partial charge in [0.2, 0.25) is 0 Å². The van der Waals surface area contributed by atoms with Crippen molar-refractivity contribution in [2.24, 2.45) is 0 Å². The predicted octanol–water partition coefficient (Wildman–Crippen LogP) is 4.01. The summed E-state index contributed by atoms with van der Waals surface area (Å²) in [6.07, 6.45) is 0.896. The average Bonchev–Trinajstić information content (AvgIpc) is 2.15. The summed E-state index contributed by atoms with van der Waals surface area (Å²) in [5.74, 6) is -0.101. The van der Waals surface area contributed by atoms with Crippen LogP contribution < -0.4 is 5.32 Å². The van der Waals surface area contributed by atoms with Crippen LogP contribution in [0.3, 0.4) is 0 Å². The zero-order valence-electron chi connectivity index (χ0n) is 8.77. The van der Waals surface area contributed by atoms with Crippen molar-refractivity contribution in [3.05, 3.63) is 33.3 Å². The molecule has 1 rings (SSSR count). The molecule has 0 saturated heterocycles. The molecule has 0 spiro atoms. The number of hydrogen-bond donors (Lipinski definition) is 1. The lowest BCUT2D eigenvalue weighted by Crippen LogP contribution is -2.25. The first-order valence-corrected chi connectivity index (χ1v) is 6.96. The lowest BCUT2D eigenvalue weighted by atomic mass is 10.2. The van der Waals surface area contributed by atoms with Crippen molar-refractivity contribution in [3.8, 4) is 0 Å². The van der Waals surface area contributed by atoms with Gasteiger partial charge in [0.1, 0.15) is 0 Å². The first-order valence-electron chi connectivity index (χ1n) is 4.87. The van der Waals surface area contributed by atoms with Gasteiger partial charge in [0.15, 0.2) is 0 Å². The van der Waals surface area contributed by atoms with E-state index >= 15 is 0 Å². The standard InChI is InChI=1S/C11H12Br2ClNO/c1-7(12)2-3-15-11(16)8-4-9(13)6-10(14)5-8/h4-7H,2-3H2,1H3,(H,15,16). The molecule has 0 heterocycles. The van der Waals surface area contributed by atoms with E-state index in [0.29, 0.717) is 22.0 Å². The molecular formula is C11H12Br2ClNO. The molecule has 1 atom stereocenters. The molecule has 0 radical (unpaired) electrons. The molecule has 1 aromatic carbocycles. The van der Waals surface area contributed by atoms with Gasteiger partial charge in [0.25, 0.3) is 5.91 Å². The second-order valence-electron chi connectivity index (χ2n) is 3.48. The summed E-state index contributed by atoms with van der Waals surface area (Å²) in [6, 6.07) is 5.15. The highest BCUT2D eigenvalue weighted by molar-refractivity contribution is 9.10. The van der Waals surface area contributed by atoms with E-state index in [-0.39, 0.29) is 5.91 Å². The smallest absolute Gasteiger partial charge is 0.251 e. The number of halogens is 3. The van der Waals surface area contributed by atoms with E-state index in [1.165, 1.54) is 0 Å². The maximum absolute atomic E-state index is 11.7. The van der Waals surface area contributed by atoms with Gasteiger partial charge in [0, 0.05) is 26.4 Å². The fourth-order valence-corrected chi connectivity index (χ4v) is 2.26. The Bertz CT molecular complexity index is 362. The molecule has 2 nitrogen and oxygen atoms in total. The molecule has 0 aromatic heterocycles. The minimum absolute atomic E-state index is 0.101. The van der Waals surface area contributed by atoms with Gasteiger partial charge in [-0.15, -0.1) is 0 Å². The topological polar surface area (TPSA) is 29.1 Å². The Balaban J connectivity index is 2.59. The van der Waals surface area contributed by atoms with Crippen molar-refractivity contribution in [2.75, 3.05) is 6.54 Å². The van der Waals surface area contributed by atoms with Gasteiger partial charge in [-0.25, -0.2) is 0 Å². The molecule has 0 saturated carbocycles. The van der Waals surface area contributed by atoms with Crippen LogP contribution in [0.5, 0.6) is 0 Å². The summed E-state index contributed by atoms with van der Waals surface area (Å²) in [6.45, 7) is 2.69. The summed E-state index contributed by atoms with van der Waals surface area (Å²) in [5.41, 5.74) is 0.571. The average molecular weight is 369 g/mol. The third-order valence-electron chi connectivity index (χ3n) is 1.95. The molecule has 5 heteroatoms. The Morgan fingerprint density at radius 1 is 1.50 bits per heavy atom. The second kappa shape index (κ2) is 6.62. The number of amides is 1. The number of alkyl halides is 1. The van der Waals surface area contributed by atoms with E-state index in [9.17, 15) is 4.79 Å². The van der Waals surface area contributed by atoms with Crippen LogP contribution in [0.2, 0.25) is 5.02 Å². The molecule has 1 aromatic rings. The van der Waals surface area contributed by atoms with E-state index in [1.54, 1.807) is 18.2 Å². The highest BCUT2D eigenvalue weighted by Gasteiger charge is 2.07. The Labute approximate surface area is 117 Å². The number of rotatable bonds is 4. The van der Waals surface area contributed by atoms with Crippen molar-refractivity contribution in [1.82, 2.24) is 5.32 Å². The van der Waals surface area contributed by atoms with Crippen LogP contribution in [-0.2, 0) is 0 Å². The number of nitrogens with one attached hydrogen (secondary N) is 1. The molecule has 0 aliphatic carbocycles. The Morgan fingerprint density at radius 3 is 2.75 bits per heavy atom. The van der Waals surface area contributed by atoms with E-state index < -0.39 is 0 Å². The fraction of sp³-hybridized carbons (Fsp3) is 0.364. The van der Waals surface area contributed by atoms with E-state index in [0.717, 1.165) is 10.9 Å². The third kappa shape index (κ3) is 4.85. The van der Waals surface area contributed by atoms with Crippen LogP contribution >= 0.6 is 43.5 Å². The van der Waals surface area contributed by atoms with Gasteiger partial charge < -0.3 is 5.32 Å². The molecule has 16 heavy (non-hydrogen) atoms. The molecular weight excluding hydrogens is 357 g/mol. The quantitative estimate of drug-likeness (QED) is 0.799. The maximum atomic E-state index is 11.7. The van der Waals surface area contributed by atoms with Gasteiger partial charge in [-0.05, 0) is 24.6 Å². The molecule has 1 amide bonds. The van der Waals surface area contributed by atoms with E-state index in [1.807, 2.05) is 6.92 Å². The number of carbonyl (C=O) groups is 1. The SMILES string of the molecule is CC(Br)CCNC(=O)c1cc(Cl)cc(Br)c1. The zero-order valence-corrected chi connectivity index (χ0v) is 12.7. The van der Waals surface area contributed by atoms with Crippen LogP contribution in [-0.4, -0.2) is 17.3 Å². The van der Waals surface area contributed by atoms with Crippen LogP contribution in [0.25, 0.3) is 0 Å². The molecule has 0 bridgehead atoms. The fourth-order valence-electron chi connectivity index (χ4n) is 1.17. The van der Waals surface area contributed by atoms with Crippen molar-refractivity contribution in [2.45, 2.75) is 18.2 Å². The Hall–Kier alpha value is -0.0600. The summed E-state index contributed by atoms with van der Waals surface area (Å²) in [7, 11) is 0. The molecule has 1 unspecified atom stereocenters. The predicted molar refractivity (Wildman–Crippen MR) is 74.5 cm³/mol. The minimum atomic E-state index is -0.101. The van der Waals surface area contributed by atoms with E-state index in [2.05, 4.69) is 37.2 Å². The van der Waals surface area contributed by atoms with Gasteiger partial charge in [-0.2, -0.15) is 0 Å². The highest BCUT2D eigenvalue weighted by atomic mass is 79.9. The summed E-state index contributed by atoms with van der Waals surface area (Å²) < 4.78 is 0.805. The first kappa shape index (κ1) is 14.0. The molecule has 88 valence electrons. The van der Waals surface area contributed by atoms with Gasteiger partial charge in [-0.3, -0.25) is 4.79 Å². The van der Waals surface area contributed by atoms with Crippen LogP contribution in [0.1, 0.15) is 23.7 Å². The second-order valence-corrected chi connectivity index (χ2v) is 6.40. The van der Waals surface area contributed by atoms with E-state index in [4.69, 9.17) is 11.6 Å². The van der Waals surface area contributed by atoms with Crippen molar-refractivity contribution < 1.29 is 4.79 Å². The monoisotopic (exact) mass is 367 g/mol. The van der Waals surface area contributed by atoms with Crippen molar-refractivity contribution in [3.63, 3.8) is 0 Å². The molecule has 1 N–H and O–H groups in total. The van der Waals surface area contributed by atoms with Crippen LogP contribution in [0.4, 0.5) is 0 Å². The Kier molecular flexibility index (Phi) is 5.79. The van der Waals surface area contributed by atoms with Crippen LogP contribution in [0.15, 0.2) is 22.7 Å². The summed E-state index contributed by atoms with van der Waals surface area (Å²) in [5, 5.41) is 3.39. The normalized spacial score (nSPS) is 12.2. The van der Waals surface area contributed by atoms with Gasteiger partial charge in [0.05, 0.1) is 0 Å². The third-order valence-corrected chi connectivity index (χ3v) is 3.09. The lowest BCUT2D eigenvalue weighted by molar-refractivity contribution is 0.0953. The number of hydrogen-bond acceptors (Lipinski definition) is 1.